The zero-order valence-electron chi connectivity index (χ0n) is 12.1. The fraction of sp³-hybridized carbons (Fsp3) is 0.286. The third-order valence-corrected chi connectivity index (χ3v) is 2.96. The Morgan fingerprint density at radius 3 is 2.43 bits per heavy atom. The molecule has 0 bridgehead atoms. The molecule has 6 nitrogen and oxygen atoms in total. The summed E-state index contributed by atoms with van der Waals surface area (Å²) < 4.78 is 38.9. The first-order valence-electron chi connectivity index (χ1n) is 6.36. The third kappa shape index (κ3) is 4.10. The third-order valence-electron chi connectivity index (χ3n) is 2.66. The van der Waals surface area contributed by atoms with Crippen LogP contribution in [0, 0.1) is 0 Å². The van der Waals surface area contributed by atoms with Gasteiger partial charge in [0.25, 0.3) is 5.79 Å². The van der Waals surface area contributed by atoms with Crippen molar-refractivity contribution in [3.63, 3.8) is 0 Å². The number of cyclic esters (lactones) is 2. The van der Waals surface area contributed by atoms with Crippen LogP contribution in [0.3, 0.4) is 0 Å². The van der Waals surface area contributed by atoms with Crippen LogP contribution in [0.2, 0.25) is 5.02 Å². The lowest BCUT2D eigenvalue weighted by atomic mass is 10.2. The molecule has 2 rings (SSSR count). The highest BCUT2D eigenvalue weighted by Gasteiger charge is 2.39. The Labute approximate surface area is 135 Å². The normalized spacial score (nSPS) is 16.7. The van der Waals surface area contributed by atoms with E-state index in [0.717, 1.165) is 6.20 Å². The minimum Gasteiger partial charge on any atom is -0.431 e. The van der Waals surface area contributed by atoms with Crippen molar-refractivity contribution in [1.82, 2.24) is 0 Å². The van der Waals surface area contributed by atoms with Crippen molar-refractivity contribution in [3.8, 4) is 5.75 Å². The van der Waals surface area contributed by atoms with Crippen molar-refractivity contribution in [3.05, 3.63) is 35.0 Å². The smallest absolute Gasteiger partial charge is 0.387 e. The van der Waals surface area contributed by atoms with Crippen LogP contribution in [-0.2, 0) is 19.1 Å². The second-order valence-corrected chi connectivity index (χ2v) is 5.28. The van der Waals surface area contributed by atoms with Crippen LogP contribution in [0.4, 0.5) is 14.5 Å². The molecule has 0 unspecified atom stereocenters. The van der Waals surface area contributed by atoms with Crippen molar-refractivity contribution in [2.45, 2.75) is 26.2 Å². The van der Waals surface area contributed by atoms with E-state index in [1.54, 1.807) is 0 Å². The molecule has 23 heavy (non-hydrogen) atoms. The number of carbonyl (C=O) groups excluding carboxylic acids is 2. The van der Waals surface area contributed by atoms with E-state index in [2.05, 4.69) is 10.1 Å². The molecule has 1 N–H and O–H groups in total. The summed E-state index contributed by atoms with van der Waals surface area (Å²) in [7, 11) is 0. The van der Waals surface area contributed by atoms with Gasteiger partial charge in [0.2, 0.25) is 0 Å². The Morgan fingerprint density at radius 2 is 1.87 bits per heavy atom. The molecule has 0 aliphatic carbocycles. The second-order valence-electron chi connectivity index (χ2n) is 4.88. The monoisotopic (exact) mass is 347 g/mol. The standard InChI is InChI=1S/C14H12ClF2NO5/c1-14(2)22-11(19)7(12(20)23-14)6-18-9-5-3-4-8(15)10(9)21-13(16)17/h3-6,13,18H,1-2H3. The van der Waals surface area contributed by atoms with Crippen molar-refractivity contribution in [1.29, 1.82) is 0 Å². The van der Waals surface area contributed by atoms with Gasteiger partial charge >= 0.3 is 18.6 Å². The van der Waals surface area contributed by atoms with Crippen molar-refractivity contribution >= 4 is 29.2 Å². The fourth-order valence-corrected chi connectivity index (χ4v) is 1.98. The number of ether oxygens (including phenoxy) is 3. The number of para-hydroxylation sites is 1. The first-order valence-corrected chi connectivity index (χ1v) is 6.74. The highest BCUT2D eigenvalue weighted by molar-refractivity contribution is 6.32. The summed E-state index contributed by atoms with van der Waals surface area (Å²) in [6, 6.07) is 4.20. The Hall–Kier alpha value is -2.35. The molecule has 124 valence electrons. The highest BCUT2D eigenvalue weighted by Crippen LogP contribution is 2.34. The van der Waals surface area contributed by atoms with Gasteiger partial charge < -0.3 is 19.5 Å². The van der Waals surface area contributed by atoms with Gasteiger partial charge in [0, 0.05) is 20.0 Å². The van der Waals surface area contributed by atoms with Gasteiger partial charge in [-0.25, -0.2) is 9.59 Å². The summed E-state index contributed by atoms with van der Waals surface area (Å²) in [5.74, 6) is -3.50. The van der Waals surface area contributed by atoms with Gasteiger partial charge in [-0.1, -0.05) is 17.7 Å². The first-order chi connectivity index (χ1) is 10.7. The molecule has 1 heterocycles. The van der Waals surface area contributed by atoms with Crippen LogP contribution < -0.4 is 10.1 Å². The number of carbonyl (C=O) groups is 2. The Bertz CT molecular complexity index is 653. The maximum absolute atomic E-state index is 12.4. The Kier molecular flexibility index (Phi) is 4.74. The summed E-state index contributed by atoms with van der Waals surface area (Å²) in [5, 5.41) is 2.44. The molecule has 0 aromatic heterocycles. The lowest BCUT2D eigenvalue weighted by Gasteiger charge is -2.29. The largest absolute Gasteiger partial charge is 0.431 e. The van der Waals surface area contributed by atoms with Gasteiger partial charge in [0.15, 0.2) is 11.3 Å². The van der Waals surface area contributed by atoms with Gasteiger partial charge in [0.1, 0.15) is 0 Å². The molecule has 0 radical (unpaired) electrons. The van der Waals surface area contributed by atoms with E-state index in [4.69, 9.17) is 21.1 Å². The average Bonchev–Trinajstić information content (AvgIpc) is 2.39. The predicted molar refractivity (Wildman–Crippen MR) is 76.1 cm³/mol. The molecule has 0 amide bonds. The zero-order chi connectivity index (χ0) is 17.2. The van der Waals surface area contributed by atoms with E-state index in [0.29, 0.717) is 0 Å². The molecule has 1 aliphatic heterocycles. The molecular weight excluding hydrogens is 336 g/mol. The molecule has 0 saturated carbocycles. The lowest BCUT2D eigenvalue weighted by molar-refractivity contribution is -0.222. The van der Waals surface area contributed by atoms with E-state index in [-0.39, 0.29) is 16.5 Å². The molecule has 1 saturated heterocycles. The van der Waals surface area contributed by atoms with Gasteiger partial charge in [-0.2, -0.15) is 8.78 Å². The number of rotatable bonds is 4. The number of alkyl halides is 2. The van der Waals surface area contributed by atoms with E-state index in [1.807, 2.05) is 0 Å². The highest BCUT2D eigenvalue weighted by atomic mass is 35.5. The van der Waals surface area contributed by atoms with Crippen LogP contribution in [0.15, 0.2) is 30.0 Å². The summed E-state index contributed by atoms with van der Waals surface area (Å²) in [6.45, 7) is -0.287. The van der Waals surface area contributed by atoms with Gasteiger partial charge in [-0.05, 0) is 12.1 Å². The molecule has 9 heteroatoms. The van der Waals surface area contributed by atoms with Gasteiger partial charge in [-0.3, -0.25) is 0 Å². The average molecular weight is 348 g/mol. The summed E-state index contributed by atoms with van der Waals surface area (Å²) in [5.41, 5.74) is -0.386. The van der Waals surface area contributed by atoms with E-state index in [9.17, 15) is 18.4 Å². The SMILES string of the molecule is CC1(C)OC(=O)C(=CNc2cccc(Cl)c2OC(F)F)C(=O)O1. The van der Waals surface area contributed by atoms with Crippen LogP contribution >= 0.6 is 11.6 Å². The molecule has 1 aromatic carbocycles. The molecule has 1 fully saturated rings. The van der Waals surface area contributed by atoms with Crippen molar-refractivity contribution in [2.24, 2.45) is 0 Å². The number of hydrogen-bond donors (Lipinski definition) is 1. The quantitative estimate of drug-likeness (QED) is 0.512. The lowest BCUT2D eigenvalue weighted by Crippen LogP contribution is -2.42. The number of esters is 2. The molecule has 1 aromatic rings. The summed E-state index contributed by atoms with van der Waals surface area (Å²) in [4.78, 5) is 23.5. The van der Waals surface area contributed by atoms with Crippen LogP contribution in [-0.4, -0.2) is 24.3 Å². The van der Waals surface area contributed by atoms with E-state index >= 15 is 0 Å². The number of benzene rings is 1. The van der Waals surface area contributed by atoms with Crippen LogP contribution in [0.25, 0.3) is 0 Å². The second kappa shape index (κ2) is 6.41. The minimum absolute atomic E-state index is 0.0377. The maximum atomic E-state index is 12.4. The zero-order valence-corrected chi connectivity index (χ0v) is 12.8. The van der Waals surface area contributed by atoms with E-state index in [1.165, 1.54) is 32.0 Å². The molecule has 1 aliphatic rings. The van der Waals surface area contributed by atoms with Crippen molar-refractivity contribution in [2.75, 3.05) is 5.32 Å². The fourth-order valence-electron chi connectivity index (χ4n) is 1.76. The summed E-state index contributed by atoms with van der Waals surface area (Å²) in [6.07, 6.45) is 0.976. The Morgan fingerprint density at radius 1 is 1.26 bits per heavy atom. The van der Waals surface area contributed by atoms with E-state index < -0.39 is 29.9 Å². The molecular formula is C14H12ClF2NO5. The molecule has 0 spiro atoms. The van der Waals surface area contributed by atoms with Gasteiger partial charge in [-0.15, -0.1) is 0 Å². The first kappa shape index (κ1) is 17.0. The summed E-state index contributed by atoms with van der Waals surface area (Å²) >= 11 is 5.79. The Balaban J connectivity index is 2.25. The number of hydrogen-bond acceptors (Lipinski definition) is 6. The maximum Gasteiger partial charge on any atom is 0.387 e. The molecule has 0 atom stereocenters. The number of nitrogens with one attached hydrogen (secondary N) is 1. The van der Waals surface area contributed by atoms with Crippen molar-refractivity contribution < 1.29 is 32.6 Å². The van der Waals surface area contributed by atoms with Crippen LogP contribution in [0.5, 0.6) is 5.75 Å². The number of halogens is 3. The minimum atomic E-state index is -3.09. The predicted octanol–water partition coefficient (Wildman–Crippen LogP) is 3.07. The topological polar surface area (TPSA) is 73.9 Å². The van der Waals surface area contributed by atoms with Crippen LogP contribution in [0.1, 0.15) is 13.8 Å². The van der Waals surface area contributed by atoms with Gasteiger partial charge in [0.05, 0.1) is 10.7 Å². The number of anilines is 1.